The fourth-order valence-corrected chi connectivity index (χ4v) is 8.02. The van der Waals surface area contributed by atoms with Crippen molar-refractivity contribution >= 4 is 22.3 Å². The van der Waals surface area contributed by atoms with Crippen molar-refractivity contribution in [1.29, 1.82) is 10.5 Å². The highest BCUT2D eigenvalue weighted by Gasteiger charge is 2.20. The number of hydrogen-bond donors (Lipinski definition) is 1. The van der Waals surface area contributed by atoms with Crippen molar-refractivity contribution in [3.63, 3.8) is 0 Å². The third-order valence-corrected chi connectivity index (χ3v) is 11.3. The van der Waals surface area contributed by atoms with Gasteiger partial charge in [-0.15, -0.1) is 0 Å². The van der Waals surface area contributed by atoms with Crippen LogP contribution in [0.1, 0.15) is 33.9 Å². The van der Waals surface area contributed by atoms with Crippen LogP contribution in [0.4, 0.5) is 0 Å². The van der Waals surface area contributed by atoms with Gasteiger partial charge in [-0.2, -0.15) is 10.5 Å². The van der Waals surface area contributed by atoms with Crippen molar-refractivity contribution < 1.29 is 0 Å². The maximum absolute atomic E-state index is 9.36. The highest BCUT2D eigenvalue weighted by atomic mass is 15.0. The molecule has 0 aliphatic carbocycles. The highest BCUT2D eigenvalue weighted by Crippen LogP contribution is 2.37. The second-order valence-corrected chi connectivity index (χ2v) is 15.1. The number of nitrogens with one attached hydrogen (secondary N) is 1. The fourth-order valence-electron chi connectivity index (χ4n) is 8.02. The predicted molar refractivity (Wildman–Crippen MR) is 249 cm³/mol. The van der Waals surface area contributed by atoms with Crippen LogP contribution in [0.2, 0.25) is 0 Å². The van der Waals surface area contributed by atoms with Gasteiger partial charge >= 0.3 is 0 Å². The molecule has 0 fully saturated rings. The molecule has 0 spiro atoms. The first-order valence-electron chi connectivity index (χ1n) is 20.4. The number of hydrogen-bond acceptors (Lipinski definition) is 6. The molecule has 0 bridgehead atoms. The van der Waals surface area contributed by atoms with Gasteiger partial charge in [0.15, 0.2) is 5.82 Å². The molecule has 1 N–H and O–H groups in total. The van der Waals surface area contributed by atoms with Crippen LogP contribution >= 0.6 is 0 Å². The summed E-state index contributed by atoms with van der Waals surface area (Å²) in [5, 5.41) is 24.7. The number of aromatic nitrogens is 2. The number of benzene rings is 8. The zero-order chi connectivity index (χ0) is 41.8. The summed E-state index contributed by atoms with van der Waals surface area (Å²) in [7, 11) is 0. The minimum atomic E-state index is -0.0707. The maximum atomic E-state index is 9.36. The maximum Gasteiger partial charge on any atom is 0.160 e. The van der Waals surface area contributed by atoms with Gasteiger partial charge in [0, 0.05) is 22.3 Å². The SMILES string of the molecule is N#Cc1ccc(C2=NC(c3ccc(-c4cccc5c(-c6ccc(-c7cc(-c8ccccc8)nc(-c8ccc(C#N)cc8)n7)cc6)cccc45)cc3)=CC(c3ccccc3)N2)cc1. The second-order valence-electron chi connectivity index (χ2n) is 15.1. The molecule has 8 aromatic carbocycles. The molecule has 1 aliphatic heterocycles. The molecule has 0 saturated heterocycles. The Morgan fingerprint density at radius 1 is 0.419 bits per heavy atom. The van der Waals surface area contributed by atoms with Crippen LogP contribution in [0.5, 0.6) is 0 Å². The molecule has 1 unspecified atom stereocenters. The van der Waals surface area contributed by atoms with Crippen molar-refractivity contribution in [3.05, 3.63) is 234 Å². The summed E-state index contributed by atoms with van der Waals surface area (Å²) in [4.78, 5) is 15.0. The molecular formula is C56H36N6. The first-order chi connectivity index (χ1) is 30.6. The zero-order valence-electron chi connectivity index (χ0n) is 33.4. The highest BCUT2D eigenvalue weighted by molar-refractivity contribution is 6.05. The van der Waals surface area contributed by atoms with E-state index < -0.39 is 0 Å². The Kier molecular flexibility index (Phi) is 10.00. The van der Waals surface area contributed by atoms with Crippen molar-refractivity contribution in [3.8, 4) is 68.3 Å². The standard InChI is InChI=1S/C56H36N6/c57-35-37-17-21-45(22-18-37)55-59-51(41-9-3-1-4-10-41)33-53(61-55)43-29-25-39(26-30-43)47-13-7-16-50-48(14-8-15-49(47)50)40-27-31-44(32-28-40)54-34-52(42-11-5-2-6-12-42)60-56(62-54)46-23-19-38(36-58)20-24-46/h1-34,51H,(H,59,61). The van der Waals surface area contributed by atoms with Crippen molar-refractivity contribution in [2.24, 2.45) is 4.99 Å². The Balaban J connectivity index is 0.966. The summed E-state index contributed by atoms with van der Waals surface area (Å²) in [6, 6.07) is 72.1. The smallest absolute Gasteiger partial charge is 0.160 e. The van der Waals surface area contributed by atoms with Crippen LogP contribution in [-0.2, 0) is 0 Å². The van der Waals surface area contributed by atoms with Gasteiger partial charge in [-0.3, -0.25) is 0 Å². The topological polar surface area (TPSA) is 97.8 Å². The molecule has 2 heterocycles. The van der Waals surface area contributed by atoms with Crippen molar-refractivity contribution in [2.75, 3.05) is 0 Å². The number of aliphatic imine (C=N–C) groups is 1. The van der Waals surface area contributed by atoms with Gasteiger partial charge in [0.25, 0.3) is 0 Å². The van der Waals surface area contributed by atoms with Crippen LogP contribution in [-0.4, -0.2) is 15.8 Å². The molecule has 1 atom stereocenters. The molecule has 10 rings (SSSR count). The monoisotopic (exact) mass is 792 g/mol. The largest absolute Gasteiger partial charge is 0.359 e. The lowest BCUT2D eigenvalue weighted by Crippen LogP contribution is -2.31. The van der Waals surface area contributed by atoms with E-state index in [0.29, 0.717) is 17.0 Å². The summed E-state index contributed by atoms with van der Waals surface area (Å²) < 4.78 is 0. The molecule has 62 heavy (non-hydrogen) atoms. The fraction of sp³-hybridized carbons (Fsp3) is 0.0179. The van der Waals surface area contributed by atoms with Crippen molar-refractivity contribution in [2.45, 2.75) is 6.04 Å². The van der Waals surface area contributed by atoms with Crippen LogP contribution in [0, 0.1) is 22.7 Å². The molecule has 6 nitrogen and oxygen atoms in total. The van der Waals surface area contributed by atoms with Crippen LogP contribution in [0.25, 0.3) is 72.6 Å². The molecule has 1 aromatic heterocycles. The molecule has 290 valence electrons. The molecule has 9 aromatic rings. The Hall–Kier alpha value is -8.71. The average Bonchev–Trinajstić information content (AvgIpc) is 3.36. The third kappa shape index (κ3) is 7.53. The van der Waals surface area contributed by atoms with Gasteiger partial charge < -0.3 is 5.32 Å². The normalized spacial score (nSPS) is 13.3. The molecular weight excluding hydrogens is 757 g/mol. The number of fused-ring (bicyclic) bond motifs is 1. The molecule has 0 saturated carbocycles. The van der Waals surface area contributed by atoms with E-state index in [2.05, 4.69) is 133 Å². The van der Waals surface area contributed by atoms with E-state index in [9.17, 15) is 10.5 Å². The quantitative estimate of drug-likeness (QED) is 0.165. The van der Waals surface area contributed by atoms with Crippen molar-refractivity contribution in [1.82, 2.24) is 15.3 Å². The van der Waals surface area contributed by atoms with E-state index in [0.717, 1.165) is 78.6 Å². The van der Waals surface area contributed by atoms with E-state index in [1.165, 1.54) is 10.8 Å². The summed E-state index contributed by atoms with van der Waals surface area (Å²) in [6.07, 6.45) is 2.17. The Bertz CT molecular complexity index is 3230. The van der Waals surface area contributed by atoms with E-state index in [1.54, 1.807) is 12.1 Å². The summed E-state index contributed by atoms with van der Waals surface area (Å²) in [5.41, 5.74) is 14.2. The van der Waals surface area contributed by atoms with Gasteiger partial charge in [-0.25, -0.2) is 15.0 Å². The first-order valence-corrected chi connectivity index (χ1v) is 20.4. The van der Waals surface area contributed by atoms with E-state index in [1.807, 2.05) is 78.9 Å². The van der Waals surface area contributed by atoms with E-state index in [4.69, 9.17) is 15.0 Å². The number of nitrogens with zero attached hydrogens (tertiary/aromatic N) is 5. The van der Waals surface area contributed by atoms with E-state index in [-0.39, 0.29) is 6.04 Å². The molecule has 6 heteroatoms. The van der Waals surface area contributed by atoms with Gasteiger partial charge in [-0.05, 0) is 105 Å². The molecule has 1 aliphatic rings. The summed E-state index contributed by atoms with van der Waals surface area (Å²) >= 11 is 0. The minimum Gasteiger partial charge on any atom is -0.359 e. The van der Waals surface area contributed by atoms with Gasteiger partial charge in [0.1, 0.15) is 5.84 Å². The summed E-state index contributed by atoms with van der Waals surface area (Å²) in [5.74, 6) is 1.37. The van der Waals surface area contributed by atoms with Crippen LogP contribution in [0.3, 0.4) is 0 Å². The Labute approximate surface area is 360 Å². The zero-order valence-corrected chi connectivity index (χ0v) is 33.4. The lowest BCUT2D eigenvalue weighted by Gasteiger charge is -2.24. The Morgan fingerprint density at radius 2 is 0.887 bits per heavy atom. The lowest BCUT2D eigenvalue weighted by molar-refractivity contribution is 0.781. The predicted octanol–water partition coefficient (Wildman–Crippen LogP) is 12.8. The van der Waals surface area contributed by atoms with Gasteiger partial charge in [0.2, 0.25) is 0 Å². The van der Waals surface area contributed by atoms with E-state index >= 15 is 0 Å². The number of amidine groups is 1. The van der Waals surface area contributed by atoms with Crippen LogP contribution < -0.4 is 5.32 Å². The summed E-state index contributed by atoms with van der Waals surface area (Å²) in [6.45, 7) is 0. The molecule has 0 amide bonds. The third-order valence-electron chi connectivity index (χ3n) is 11.3. The number of nitriles is 2. The minimum absolute atomic E-state index is 0.0707. The molecule has 0 radical (unpaired) electrons. The first kappa shape index (κ1) is 37.6. The second kappa shape index (κ2) is 16.5. The van der Waals surface area contributed by atoms with Gasteiger partial charge in [-0.1, -0.05) is 146 Å². The lowest BCUT2D eigenvalue weighted by atomic mass is 9.92. The van der Waals surface area contributed by atoms with Gasteiger partial charge in [0.05, 0.1) is 46.4 Å². The Morgan fingerprint density at radius 3 is 1.44 bits per heavy atom. The average molecular weight is 793 g/mol. The van der Waals surface area contributed by atoms with Crippen LogP contribution in [0.15, 0.2) is 211 Å². The number of rotatable bonds is 8.